The SMILES string of the molecule is CCN(CC)C(=O)c1cc2c(s1)CC[C@H](C(=O)Nc1ccc(F)c(F)c1)C2. The molecule has 144 valence electrons. The van der Waals surface area contributed by atoms with Gasteiger partial charge in [0, 0.05) is 35.6 Å². The number of thiophene rings is 1. The molecule has 1 aliphatic carbocycles. The van der Waals surface area contributed by atoms with Crippen molar-refractivity contribution in [1.82, 2.24) is 4.90 Å². The molecule has 0 saturated heterocycles. The maximum Gasteiger partial charge on any atom is 0.263 e. The zero-order valence-corrected chi connectivity index (χ0v) is 16.2. The first kappa shape index (κ1) is 19.5. The minimum Gasteiger partial charge on any atom is -0.339 e. The molecule has 0 unspecified atom stereocenters. The molecule has 0 spiro atoms. The van der Waals surface area contributed by atoms with E-state index in [9.17, 15) is 18.4 Å². The maximum atomic E-state index is 13.3. The molecule has 1 heterocycles. The Morgan fingerprint density at radius 2 is 1.93 bits per heavy atom. The van der Waals surface area contributed by atoms with Crippen molar-refractivity contribution in [3.8, 4) is 0 Å². The normalized spacial score (nSPS) is 15.9. The topological polar surface area (TPSA) is 49.4 Å². The van der Waals surface area contributed by atoms with Crippen molar-refractivity contribution in [3.63, 3.8) is 0 Å². The highest BCUT2D eigenvalue weighted by Gasteiger charge is 2.28. The summed E-state index contributed by atoms with van der Waals surface area (Å²) in [6.07, 6.45) is 1.95. The van der Waals surface area contributed by atoms with Crippen LogP contribution in [0.5, 0.6) is 0 Å². The highest BCUT2D eigenvalue weighted by molar-refractivity contribution is 7.14. The van der Waals surface area contributed by atoms with Gasteiger partial charge in [0.2, 0.25) is 5.91 Å². The Morgan fingerprint density at radius 1 is 1.19 bits per heavy atom. The summed E-state index contributed by atoms with van der Waals surface area (Å²) in [5.74, 6) is -2.37. The number of anilines is 1. The molecule has 1 aromatic carbocycles. The van der Waals surface area contributed by atoms with Crippen LogP contribution in [0.1, 0.15) is 40.4 Å². The third kappa shape index (κ3) is 4.18. The van der Waals surface area contributed by atoms with Gasteiger partial charge in [-0.3, -0.25) is 9.59 Å². The van der Waals surface area contributed by atoms with Gasteiger partial charge in [-0.15, -0.1) is 11.3 Å². The number of halogens is 2. The molecule has 1 N–H and O–H groups in total. The maximum absolute atomic E-state index is 13.3. The van der Waals surface area contributed by atoms with Crippen molar-refractivity contribution < 1.29 is 18.4 Å². The molecule has 27 heavy (non-hydrogen) atoms. The van der Waals surface area contributed by atoms with Gasteiger partial charge in [-0.2, -0.15) is 0 Å². The van der Waals surface area contributed by atoms with Crippen LogP contribution in [-0.2, 0) is 17.6 Å². The third-order valence-corrected chi connectivity index (χ3v) is 6.13. The second-order valence-electron chi connectivity index (χ2n) is 6.59. The van der Waals surface area contributed by atoms with E-state index in [4.69, 9.17) is 0 Å². The lowest BCUT2D eigenvalue weighted by Gasteiger charge is -2.21. The Bertz CT molecular complexity index is 862. The minimum absolute atomic E-state index is 0.0298. The molecule has 0 fully saturated rings. The second kappa shape index (κ2) is 8.17. The summed E-state index contributed by atoms with van der Waals surface area (Å²) < 4.78 is 26.3. The molecule has 1 aromatic heterocycles. The predicted octanol–water partition coefficient (Wildman–Crippen LogP) is 4.25. The van der Waals surface area contributed by atoms with Crippen molar-refractivity contribution in [2.75, 3.05) is 18.4 Å². The molecule has 4 nitrogen and oxygen atoms in total. The van der Waals surface area contributed by atoms with Crippen LogP contribution in [0.2, 0.25) is 0 Å². The number of benzene rings is 1. The first-order valence-corrected chi connectivity index (χ1v) is 9.91. The monoisotopic (exact) mass is 392 g/mol. The van der Waals surface area contributed by atoms with Crippen molar-refractivity contribution in [2.45, 2.75) is 33.1 Å². The summed E-state index contributed by atoms with van der Waals surface area (Å²) >= 11 is 1.51. The molecule has 1 aliphatic rings. The van der Waals surface area contributed by atoms with Gasteiger partial charge in [0.15, 0.2) is 11.6 Å². The lowest BCUT2D eigenvalue weighted by molar-refractivity contribution is -0.120. The number of nitrogens with one attached hydrogen (secondary N) is 1. The molecule has 7 heteroatoms. The van der Waals surface area contributed by atoms with E-state index < -0.39 is 11.6 Å². The molecular formula is C20H22F2N2O2S. The van der Waals surface area contributed by atoms with Gasteiger partial charge < -0.3 is 10.2 Å². The molecule has 3 rings (SSSR count). The van der Waals surface area contributed by atoms with Gasteiger partial charge in [-0.05, 0) is 56.9 Å². The lowest BCUT2D eigenvalue weighted by Crippen LogP contribution is -2.29. The van der Waals surface area contributed by atoms with Gasteiger partial charge >= 0.3 is 0 Å². The number of rotatable bonds is 5. The van der Waals surface area contributed by atoms with Crippen molar-refractivity contribution >= 4 is 28.8 Å². The van der Waals surface area contributed by atoms with Crippen LogP contribution >= 0.6 is 11.3 Å². The molecule has 2 aromatic rings. The summed E-state index contributed by atoms with van der Waals surface area (Å²) in [5, 5.41) is 2.66. The largest absolute Gasteiger partial charge is 0.339 e. The van der Waals surface area contributed by atoms with E-state index in [0.29, 0.717) is 30.8 Å². The van der Waals surface area contributed by atoms with E-state index in [1.807, 2.05) is 19.9 Å². The van der Waals surface area contributed by atoms with Gasteiger partial charge in [-0.25, -0.2) is 8.78 Å². The number of carbonyl (C=O) groups is 2. The fraction of sp³-hybridized carbons (Fsp3) is 0.400. The molecule has 0 bridgehead atoms. The predicted molar refractivity (Wildman–Crippen MR) is 102 cm³/mol. The Hall–Kier alpha value is -2.28. The minimum atomic E-state index is -0.990. The number of carbonyl (C=O) groups excluding carboxylic acids is 2. The van der Waals surface area contributed by atoms with Crippen LogP contribution in [-0.4, -0.2) is 29.8 Å². The van der Waals surface area contributed by atoms with Gasteiger partial charge in [0.25, 0.3) is 5.91 Å². The Morgan fingerprint density at radius 3 is 2.59 bits per heavy atom. The number of amides is 2. The summed E-state index contributed by atoms with van der Waals surface area (Å²) in [7, 11) is 0. The van der Waals surface area contributed by atoms with E-state index in [0.717, 1.165) is 29.0 Å². The van der Waals surface area contributed by atoms with E-state index in [1.165, 1.54) is 17.4 Å². The summed E-state index contributed by atoms with van der Waals surface area (Å²) in [5.41, 5.74) is 1.28. The van der Waals surface area contributed by atoms with E-state index in [2.05, 4.69) is 5.32 Å². The van der Waals surface area contributed by atoms with Crippen LogP contribution in [0.25, 0.3) is 0 Å². The van der Waals surface area contributed by atoms with E-state index in [1.54, 1.807) is 4.90 Å². The first-order valence-electron chi connectivity index (χ1n) is 9.09. The van der Waals surface area contributed by atoms with E-state index >= 15 is 0 Å². The van der Waals surface area contributed by atoms with Crippen LogP contribution in [0, 0.1) is 17.6 Å². The van der Waals surface area contributed by atoms with Crippen LogP contribution in [0.3, 0.4) is 0 Å². The number of nitrogens with zero attached hydrogens (tertiary/aromatic N) is 1. The number of hydrogen-bond acceptors (Lipinski definition) is 3. The summed E-state index contributed by atoms with van der Waals surface area (Å²) in [4.78, 5) is 28.7. The zero-order chi connectivity index (χ0) is 19.6. The summed E-state index contributed by atoms with van der Waals surface area (Å²) in [6.45, 7) is 5.23. The number of aryl methyl sites for hydroxylation is 1. The number of fused-ring (bicyclic) bond motifs is 1. The Labute approximate surface area is 161 Å². The molecule has 1 atom stereocenters. The van der Waals surface area contributed by atoms with Crippen LogP contribution < -0.4 is 5.32 Å². The molecule has 0 radical (unpaired) electrons. The van der Waals surface area contributed by atoms with Gasteiger partial charge in [0.05, 0.1) is 4.88 Å². The second-order valence-corrected chi connectivity index (χ2v) is 7.73. The fourth-order valence-electron chi connectivity index (χ4n) is 3.34. The molecular weight excluding hydrogens is 370 g/mol. The van der Waals surface area contributed by atoms with Gasteiger partial charge in [-0.1, -0.05) is 0 Å². The van der Waals surface area contributed by atoms with E-state index in [-0.39, 0.29) is 23.4 Å². The number of hydrogen-bond donors (Lipinski definition) is 1. The zero-order valence-electron chi connectivity index (χ0n) is 15.4. The van der Waals surface area contributed by atoms with Crippen molar-refractivity contribution in [3.05, 3.63) is 51.2 Å². The highest BCUT2D eigenvalue weighted by atomic mass is 32.1. The van der Waals surface area contributed by atoms with Crippen LogP contribution in [0.4, 0.5) is 14.5 Å². The Balaban J connectivity index is 1.69. The lowest BCUT2D eigenvalue weighted by atomic mass is 9.87. The highest BCUT2D eigenvalue weighted by Crippen LogP contribution is 2.33. The third-order valence-electron chi connectivity index (χ3n) is 4.90. The van der Waals surface area contributed by atoms with Gasteiger partial charge in [0.1, 0.15) is 0 Å². The Kier molecular flexibility index (Phi) is 5.89. The molecule has 2 amide bonds. The van der Waals surface area contributed by atoms with Crippen molar-refractivity contribution in [2.24, 2.45) is 5.92 Å². The quantitative estimate of drug-likeness (QED) is 0.827. The summed E-state index contributed by atoms with van der Waals surface area (Å²) in [6, 6.07) is 5.22. The van der Waals surface area contributed by atoms with Crippen molar-refractivity contribution in [1.29, 1.82) is 0 Å². The molecule has 0 saturated carbocycles. The first-order chi connectivity index (χ1) is 12.9. The smallest absolute Gasteiger partial charge is 0.263 e. The molecule has 0 aliphatic heterocycles. The average molecular weight is 392 g/mol. The standard InChI is InChI=1S/C20H22F2N2O2S/c1-3-24(4-2)20(26)18-10-13-9-12(5-8-17(13)27-18)19(25)23-14-6-7-15(21)16(22)11-14/h6-7,10-12H,3-5,8-9H2,1-2H3,(H,23,25)/t12-/m0/s1. The fourth-order valence-corrected chi connectivity index (χ4v) is 4.51. The van der Waals surface area contributed by atoms with Crippen LogP contribution in [0.15, 0.2) is 24.3 Å². The average Bonchev–Trinajstić information content (AvgIpc) is 3.09.